The fourth-order valence-electron chi connectivity index (χ4n) is 2.07. The molecule has 2 aromatic rings. The molecule has 92 valence electrons. The predicted octanol–water partition coefficient (Wildman–Crippen LogP) is 1.84. The smallest absolute Gasteiger partial charge is 0.0378 e. The van der Waals surface area contributed by atoms with Crippen molar-refractivity contribution in [3.05, 3.63) is 35.2 Å². The molecule has 17 heavy (non-hydrogen) atoms. The number of hydrogen-bond acceptors (Lipinski definition) is 4. The molecule has 0 bridgehead atoms. The Morgan fingerprint density at radius 3 is 2.82 bits per heavy atom. The number of nitrogens with one attached hydrogen (secondary N) is 1. The number of fused-ring (bicyclic) bond motifs is 1. The molecule has 3 N–H and O–H groups in total. The molecular formula is C13H19N3S. The molecule has 0 aliphatic carbocycles. The lowest BCUT2D eigenvalue weighted by molar-refractivity contribution is 0.339. The highest BCUT2D eigenvalue weighted by molar-refractivity contribution is 7.17. The van der Waals surface area contributed by atoms with E-state index in [0.717, 1.165) is 13.0 Å². The molecule has 4 heteroatoms. The second kappa shape index (κ2) is 5.60. The molecule has 0 amide bonds. The van der Waals surface area contributed by atoms with Crippen molar-refractivity contribution < 1.29 is 0 Å². The Kier molecular flexibility index (Phi) is 4.12. The van der Waals surface area contributed by atoms with E-state index in [-0.39, 0.29) is 0 Å². The average molecular weight is 249 g/mol. The van der Waals surface area contributed by atoms with Gasteiger partial charge >= 0.3 is 0 Å². The van der Waals surface area contributed by atoms with Crippen LogP contribution >= 0.6 is 11.3 Å². The molecule has 2 rings (SSSR count). The monoisotopic (exact) mass is 249 g/mol. The Morgan fingerprint density at radius 2 is 2.12 bits per heavy atom. The van der Waals surface area contributed by atoms with Gasteiger partial charge in [-0.1, -0.05) is 18.2 Å². The third kappa shape index (κ3) is 3.04. The summed E-state index contributed by atoms with van der Waals surface area (Å²) in [7, 11) is 4.13. The van der Waals surface area contributed by atoms with E-state index < -0.39 is 0 Å². The Labute approximate surface area is 106 Å². The lowest BCUT2D eigenvalue weighted by Gasteiger charge is -2.19. The Bertz CT molecular complexity index is 478. The largest absolute Gasteiger partial charge is 0.308 e. The van der Waals surface area contributed by atoms with Gasteiger partial charge in [0, 0.05) is 17.3 Å². The van der Waals surface area contributed by atoms with E-state index in [2.05, 4.69) is 54.1 Å². The summed E-state index contributed by atoms with van der Waals surface area (Å²) >= 11 is 1.80. The van der Waals surface area contributed by atoms with Crippen LogP contribution in [0.25, 0.3) is 10.1 Å². The van der Waals surface area contributed by atoms with Crippen LogP contribution in [0.3, 0.4) is 0 Å². The quantitative estimate of drug-likeness (QED) is 0.627. The second-order valence-corrected chi connectivity index (χ2v) is 5.50. The lowest BCUT2D eigenvalue weighted by Crippen LogP contribution is -2.43. The van der Waals surface area contributed by atoms with Crippen LogP contribution in [0.1, 0.15) is 5.56 Å². The van der Waals surface area contributed by atoms with Gasteiger partial charge in [-0.3, -0.25) is 11.3 Å². The summed E-state index contributed by atoms with van der Waals surface area (Å²) in [4.78, 5) is 2.15. The van der Waals surface area contributed by atoms with Crippen LogP contribution < -0.4 is 11.3 Å². The van der Waals surface area contributed by atoms with Crippen molar-refractivity contribution >= 4 is 21.4 Å². The zero-order valence-corrected chi connectivity index (χ0v) is 11.1. The minimum Gasteiger partial charge on any atom is -0.308 e. The van der Waals surface area contributed by atoms with E-state index in [1.54, 1.807) is 11.3 Å². The number of hydrogen-bond donors (Lipinski definition) is 2. The van der Waals surface area contributed by atoms with Crippen molar-refractivity contribution in [2.45, 2.75) is 12.5 Å². The number of rotatable bonds is 5. The molecule has 1 atom stereocenters. The topological polar surface area (TPSA) is 41.3 Å². The van der Waals surface area contributed by atoms with Crippen molar-refractivity contribution in [3.63, 3.8) is 0 Å². The van der Waals surface area contributed by atoms with Crippen molar-refractivity contribution in [3.8, 4) is 0 Å². The molecule has 1 heterocycles. The molecule has 1 unspecified atom stereocenters. The van der Waals surface area contributed by atoms with Crippen molar-refractivity contribution in [2.24, 2.45) is 5.84 Å². The van der Waals surface area contributed by atoms with Crippen LogP contribution in [-0.4, -0.2) is 31.6 Å². The normalized spacial score (nSPS) is 13.4. The Hall–Kier alpha value is -0.940. The van der Waals surface area contributed by atoms with E-state index in [9.17, 15) is 0 Å². The summed E-state index contributed by atoms with van der Waals surface area (Å²) in [5.41, 5.74) is 4.28. The summed E-state index contributed by atoms with van der Waals surface area (Å²) in [5.74, 6) is 5.61. The van der Waals surface area contributed by atoms with E-state index >= 15 is 0 Å². The third-order valence-electron chi connectivity index (χ3n) is 2.85. The van der Waals surface area contributed by atoms with Gasteiger partial charge in [0.05, 0.1) is 0 Å². The summed E-state index contributed by atoms with van der Waals surface area (Å²) in [5, 5.41) is 3.60. The first kappa shape index (κ1) is 12.5. The number of likely N-dealkylation sites (N-methyl/N-ethyl adjacent to an activating group) is 1. The van der Waals surface area contributed by atoms with Crippen LogP contribution in [0.15, 0.2) is 29.6 Å². The van der Waals surface area contributed by atoms with Gasteiger partial charge < -0.3 is 4.90 Å². The van der Waals surface area contributed by atoms with Crippen LogP contribution in [0.5, 0.6) is 0 Å². The number of thiophene rings is 1. The van der Waals surface area contributed by atoms with E-state index in [1.165, 1.54) is 15.6 Å². The molecule has 1 aromatic carbocycles. The highest BCUT2D eigenvalue weighted by atomic mass is 32.1. The molecular weight excluding hydrogens is 230 g/mol. The minimum atomic E-state index is 0.294. The molecule has 1 aromatic heterocycles. The Morgan fingerprint density at radius 1 is 1.35 bits per heavy atom. The maximum atomic E-state index is 5.61. The van der Waals surface area contributed by atoms with Gasteiger partial charge in [0.25, 0.3) is 0 Å². The van der Waals surface area contributed by atoms with Gasteiger partial charge in [0.15, 0.2) is 0 Å². The molecule has 0 aliphatic heterocycles. The highest BCUT2D eigenvalue weighted by Gasteiger charge is 2.11. The van der Waals surface area contributed by atoms with Crippen LogP contribution in [-0.2, 0) is 6.42 Å². The number of benzene rings is 1. The molecule has 0 saturated carbocycles. The van der Waals surface area contributed by atoms with Crippen LogP contribution in [0, 0.1) is 0 Å². The van der Waals surface area contributed by atoms with Crippen molar-refractivity contribution in [1.29, 1.82) is 0 Å². The van der Waals surface area contributed by atoms with Gasteiger partial charge in [-0.15, -0.1) is 11.3 Å². The van der Waals surface area contributed by atoms with E-state index in [1.807, 2.05) is 0 Å². The van der Waals surface area contributed by atoms with E-state index in [4.69, 9.17) is 5.84 Å². The highest BCUT2D eigenvalue weighted by Crippen LogP contribution is 2.26. The van der Waals surface area contributed by atoms with Gasteiger partial charge in [0.1, 0.15) is 0 Å². The van der Waals surface area contributed by atoms with Crippen LogP contribution in [0.2, 0.25) is 0 Å². The lowest BCUT2D eigenvalue weighted by atomic mass is 10.1. The van der Waals surface area contributed by atoms with Crippen molar-refractivity contribution in [2.75, 3.05) is 20.6 Å². The maximum Gasteiger partial charge on any atom is 0.0378 e. The van der Waals surface area contributed by atoms with Crippen molar-refractivity contribution in [1.82, 2.24) is 10.3 Å². The number of nitrogens with zero attached hydrogens (tertiary/aromatic N) is 1. The maximum absolute atomic E-state index is 5.61. The van der Waals surface area contributed by atoms with Gasteiger partial charge in [-0.25, -0.2) is 0 Å². The SMILES string of the molecule is CN(C)CC(Cc1csc2ccccc12)NN. The summed E-state index contributed by atoms with van der Waals surface area (Å²) < 4.78 is 1.35. The average Bonchev–Trinajstić information content (AvgIpc) is 2.71. The standard InChI is InChI=1S/C13H19N3S/c1-16(2)8-11(15-14)7-10-9-17-13-6-4-3-5-12(10)13/h3-6,9,11,15H,7-8,14H2,1-2H3. The Balaban J connectivity index is 2.16. The van der Waals surface area contributed by atoms with Gasteiger partial charge in [0.2, 0.25) is 0 Å². The summed E-state index contributed by atoms with van der Waals surface area (Å²) in [6.45, 7) is 0.945. The predicted molar refractivity (Wildman–Crippen MR) is 75.2 cm³/mol. The second-order valence-electron chi connectivity index (χ2n) is 4.59. The van der Waals surface area contributed by atoms with E-state index in [0.29, 0.717) is 6.04 Å². The van der Waals surface area contributed by atoms with Gasteiger partial charge in [-0.2, -0.15) is 0 Å². The third-order valence-corrected chi connectivity index (χ3v) is 3.86. The molecule has 0 saturated heterocycles. The van der Waals surface area contributed by atoms with Gasteiger partial charge in [-0.05, 0) is 42.9 Å². The molecule has 0 aliphatic rings. The number of hydrazine groups is 1. The summed E-state index contributed by atoms with van der Waals surface area (Å²) in [6.07, 6.45) is 0.971. The van der Waals surface area contributed by atoms with Crippen LogP contribution in [0.4, 0.5) is 0 Å². The fourth-order valence-corrected chi connectivity index (χ4v) is 3.05. The molecule has 0 spiro atoms. The first-order valence-electron chi connectivity index (χ1n) is 5.76. The minimum absolute atomic E-state index is 0.294. The first-order valence-corrected chi connectivity index (χ1v) is 6.64. The fraction of sp³-hybridized carbons (Fsp3) is 0.385. The first-order chi connectivity index (χ1) is 8.20. The molecule has 0 radical (unpaired) electrons. The molecule has 3 nitrogen and oxygen atoms in total. The summed E-state index contributed by atoms with van der Waals surface area (Å²) in [6, 6.07) is 8.82. The zero-order chi connectivity index (χ0) is 12.3. The molecule has 0 fully saturated rings. The number of nitrogens with two attached hydrogens (primary N) is 1. The zero-order valence-electron chi connectivity index (χ0n) is 10.3.